The van der Waals surface area contributed by atoms with Crippen LogP contribution in [0.3, 0.4) is 0 Å². The van der Waals surface area contributed by atoms with Gasteiger partial charge < -0.3 is 0 Å². The predicted octanol–water partition coefficient (Wildman–Crippen LogP) is 4.25. The molecule has 3 heterocycles. The van der Waals surface area contributed by atoms with Crippen molar-refractivity contribution in [1.82, 2.24) is 19.7 Å². The second-order valence-corrected chi connectivity index (χ2v) is 7.19. The molecule has 0 radical (unpaired) electrons. The van der Waals surface area contributed by atoms with Gasteiger partial charge in [-0.25, -0.2) is 4.68 Å². The molecule has 0 bridgehead atoms. The molecule has 1 atom stereocenters. The lowest BCUT2D eigenvalue weighted by Gasteiger charge is -2.33. The topological polar surface area (TPSA) is 36.9 Å². The van der Waals surface area contributed by atoms with Crippen molar-refractivity contribution in [2.45, 2.75) is 26.1 Å². The van der Waals surface area contributed by atoms with Gasteiger partial charge in [0.2, 0.25) is 4.77 Å². The summed E-state index contributed by atoms with van der Waals surface area (Å²) in [7, 11) is 0. The third-order valence-corrected chi connectivity index (χ3v) is 5.76. The molecule has 1 N–H and O–H groups in total. The highest BCUT2D eigenvalue weighted by atomic mass is 32.1. The maximum absolute atomic E-state index is 5.44. The highest BCUT2D eigenvalue weighted by molar-refractivity contribution is 7.71. The minimum absolute atomic E-state index is 0.412. The Bertz CT molecular complexity index is 862. The van der Waals surface area contributed by atoms with Crippen molar-refractivity contribution in [3.05, 3.63) is 57.0 Å². The van der Waals surface area contributed by atoms with E-state index in [0.717, 1.165) is 31.0 Å². The first-order chi connectivity index (χ1) is 11.2. The second kappa shape index (κ2) is 6.03. The van der Waals surface area contributed by atoms with Crippen LogP contribution in [0.1, 0.15) is 23.4 Å². The lowest BCUT2D eigenvalue weighted by molar-refractivity contribution is 0.144. The van der Waals surface area contributed by atoms with Gasteiger partial charge in [-0.15, -0.1) is 11.3 Å². The molecule has 0 saturated heterocycles. The van der Waals surface area contributed by atoms with E-state index in [9.17, 15) is 0 Å². The molecule has 0 amide bonds. The van der Waals surface area contributed by atoms with E-state index < -0.39 is 0 Å². The summed E-state index contributed by atoms with van der Waals surface area (Å²) in [6.45, 7) is 4.06. The van der Waals surface area contributed by atoms with Crippen LogP contribution < -0.4 is 0 Å². The van der Waals surface area contributed by atoms with E-state index in [1.807, 2.05) is 46.4 Å². The van der Waals surface area contributed by atoms with Crippen molar-refractivity contribution >= 4 is 23.6 Å². The minimum Gasteiger partial charge on any atom is -0.278 e. The van der Waals surface area contributed by atoms with Gasteiger partial charge in [0, 0.05) is 23.0 Å². The molecule has 3 aromatic rings. The van der Waals surface area contributed by atoms with Crippen molar-refractivity contribution in [3.8, 4) is 11.4 Å². The highest BCUT2D eigenvalue weighted by Gasteiger charge is 2.25. The Morgan fingerprint density at radius 1 is 1.30 bits per heavy atom. The largest absolute Gasteiger partial charge is 0.278 e. The van der Waals surface area contributed by atoms with Gasteiger partial charge in [0.25, 0.3) is 0 Å². The predicted molar refractivity (Wildman–Crippen MR) is 96.0 cm³/mol. The van der Waals surface area contributed by atoms with Gasteiger partial charge in [0.15, 0.2) is 5.82 Å². The van der Waals surface area contributed by atoms with Gasteiger partial charge in [-0.05, 0) is 42.6 Å². The molecule has 23 heavy (non-hydrogen) atoms. The molecule has 1 aliphatic rings. The van der Waals surface area contributed by atoms with Crippen molar-refractivity contribution in [3.63, 3.8) is 0 Å². The molecule has 118 valence electrons. The Morgan fingerprint density at radius 2 is 2.13 bits per heavy atom. The summed E-state index contributed by atoms with van der Waals surface area (Å²) in [5, 5.41) is 5.54. The molecule has 0 fully saturated rings. The van der Waals surface area contributed by atoms with Crippen LogP contribution in [0.2, 0.25) is 0 Å². The van der Waals surface area contributed by atoms with E-state index in [-0.39, 0.29) is 0 Å². The summed E-state index contributed by atoms with van der Waals surface area (Å²) < 4.78 is 2.57. The first kappa shape index (κ1) is 14.8. The van der Waals surface area contributed by atoms with Gasteiger partial charge in [-0.3, -0.25) is 10.00 Å². The number of thiophene rings is 1. The van der Waals surface area contributed by atoms with E-state index in [4.69, 9.17) is 12.2 Å². The Hall–Kier alpha value is -1.76. The molecule has 0 saturated carbocycles. The average Bonchev–Trinajstić information content (AvgIpc) is 3.19. The van der Waals surface area contributed by atoms with Crippen LogP contribution in [-0.4, -0.2) is 26.2 Å². The fourth-order valence-corrected chi connectivity index (χ4v) is 4.27. The number of hydrogen-bond acceptors (Lipinski definition) is 4. The van der Waals surface area contributed by atoms with Crippen LogP contribution in [0, 0.1) is 4.77 Å². The number of aromatic nitrogens is 3. The van der Waals surface area contributed by atoms with Gasteiger partial charge in [-0.2, -0.15) is 4.98 Å². The van der Waals surface area contributed by atoms with E-state index in [2.05, 4.69) is 33.4 Å². The third kappa shape index (κ3) is 2.78. The third-order valence-electron chi connectivity index (χ3n) is 4.45. The van der Waals surface area contributed by atoms with E-state index in [1.165, 1.54) is 10.4 Å². The summed E-state index contributed by atoms with van der Waals surface area (Å²) >= 11 is 7.30. The van der Waals surface area contributed by atoms with Crippen molar-refractivity contribution in [2.75, 3.05) is 6.54 Å². The standard InChI is InChI=1S/C17H18N4S2/c1-12-14-8-10-23-15(14)7-9-20(12)11-21-17(22)18-16(19-21)13-5-3-2-4-6-13/h2-6,8,10,12H,7,9,11H2,1H3,(H,18,19,22). The van der Waals surface area contributed by atoms with Crippen LogP contribution in [0.25, 0.3) is 11.4 Å². The molecule has 6 heteroatoms. The Morgan fingerprint density at radius 3 is 2.96 bits per heavy atom. The van der Waals surface area contributed by atoms with Crippen LogP contribution in [0.4, 0.5) is 0 Å². The molecular formula is C17H18N4S2. The molecule has 4 rings (SSSR count). The normalized spacial score (nSPS) is 18.0. The fourth-order valence-electron chi connectivity index (χ4n) is 3.11. The minimum atomic E-state index is 0.412. The maximum Gasteiger partial charge on any atom is 0.217 e. The molecule has 0 spiro atoms. The summed E-state index contributed by atoms with van der Waals surface area (Å²) in [4.78, 5) is 8.47. The molecule has 2 aromatic heterocycles. The maximum atomic E-state index is 5.44. The van der Waals surface area contributed by atoms with Crippen molar-refractivity contribution < 1.29 is 0 Å². The first-order valence-electron chi connectivity index (χ1n) is 7.75. The Labute approximate surface area is 144 Å². The number of hydrogen-bond donors (Lipinski definition) is 1. The molecule has 1 unspecified atom stereocenters. The zero-order chi connectivity index (χ0) is 15.8. The van der Waals surface area contributed by atoms with Crippen LogP contribution in [0.15, 0.2) is 41.8 Å². The quantitative estimate of drug-likeness (QED) is 0.723. The number of nitrogens with one attached hydrogen (secondary N) is 1. The first-order valence-corrected chi connectivity index (χ1v) is 9.04. The zero-order valence-electron chi connectivity index (χ0n) is 12.9. The average molecular weight is 342 g/mol. The summed E-state index contributed by atoms with van der Waals surface area (Å²) in [5.41, 5.74) is 2.51. The SMILES string of the molecule is CC1c2ccsc2CCN1Cn1[nH]c(-c2ccccc2)nc1=S. The number of H-pyrrole nitrogens is 1. The number of aromatic amines is 1. The Kier molecular flexibility index (Phi) is 3.88. The number of fused-ring (bicyclic) bond motifs is 1. The van der Waals surface area contributed by atoms with Crippen LogP contribution in [0.5, 0.6) is 0 Å². The van der Waals surface area contributed by atoms with E-state index in [0.29, 0.717) is 10.8 Å². The summed E-state index contributed by atoms with van der Waals surface area (Å²) in [5.74, 6) is 0.830. The fraction of sp³-hybridized carbons (Fsp3) is 0.294. The molecule has 1 aromatic carbocycles. The number of benzene rings is 1. The smallest absolute Gasteiger partial charge is 0.217 e. The van der Waals surface area contributed by atoms with Crippen molar-refractivity contribution in [1.29, 1.82) is 0 Å². The van der Waals surface area contributed by atoms with Crippen LogP contribution in [-0.2, 0) is 13.1 Å². The zero-order valence-corrected chi connectivity index (χ0v) is 14.5. The van der Waals surface area contributed by atoms with Crippen molar-refractivity contribution in [2.24, 2.45) is 0 Å². The lowest BCUT2D eigenvalue weighted by atomic mass is 10.0. The molecule has 4 nitrogen and oxygen atoms in total. The molecule has 1 aliphatic heterocycles. The monoisotopic (exact) mass is 342 g/mol. The molecular weight excluding hydrogens is 324 g/mol. The van der Waals surface area contributed by atoms with Crippen LogP contribution >= 0.6 is 23.6 Å². The van der Waals surface area contributed by atoms with Gasteiger partial charge in [-0.1, -0.05) is 30.3 Å². The number of rotatable bonds is 3. The summed E-state index contributed by atoms with van der Waals surface area (Å²) in [6, 6.07) is 12.8. The van der Waals surface area contributed by atoms with E-state index >= 15 is 0 Å². The van der Waals surface area contributed by atoms with E-state index in [1.54, 1.807) is 0 Å². The summed E-state index contributed by atoms with van der Waals surface area (Å²) in [6.07, 6.45) is 1.12. The Balaban J connectivity index is 1.58. The van der Waals surface area contributed by atoms with Gasteiger partial charge in [0.1, 0.15) is 0 Å². The lowest BCUT2D eigenvalue weighted by Crippen LogP contribution is -2.35. The molecule has 0 aliphatic carbocycles. The van der Waals surface area contributed by atoms with Gasteiger partial charge in [0.05, 0.1) is 6.67 Å². The second-order valence-electron chi connectivity index (χ2n) is 5.83. The highest BCUT2D eigenvalue weighted by Crippen LogP contribution is 2.33. The van der Waals surface area contributed by atoms with Gasteiger partial charge >= 0.3 is 0 Å². The number of nitrogens with zero attached hydrogens (tertiary/aromatic N) is 3.